The molecule has 0 saturated carbocycles. The Morgan fingerprint density at radius 3 is 2.11 bits per heavy atom. The summed E-state index contributed by atoms with van der Waals surface area (Å²) < 4.78 is 0. The Hall–Kier alpha value is -6.84. The molecule has 1 unspecified atom stereocenters. The van der Waals surface area contributed by atoms with Gasteiger partial charge < -0.3 is 64.4 Å². The number of nitrogens with one attached hydrogen (secondary N) is 7. The van der Waals surface area contributed by atoms with E-state index in [1.165, 1.54) is 11.0 Å². The van der Waals surface area contributed by atoms with Gasteiger partial charge in [-0.05, 0) is 77.1 Å². The fourth-order valence-electron chi connectivity index (χ4n) is 6.35. The highest BCUT2D eigenvalue weighted by Crippen LogP contribution is 2.20. The standard InChI is InChI=1S/C42H65N13O9/c1-27(20-29(3)56)47-17-18-48-28(2)21-31(57)12-7-15-46-23-35(58)50-24-36(59)51-25-37(60)52-26-38(61)53-33(22-30-10-5-4-6-11-30)41(64)55-19-9-14-34(55)40(63)54-32(39(43)62)13-8-16-49-42(44)45/h4-6,10-11,17,20-21,27,32-34,46,48,56H,7-9,12-16,18-19,22-26H2,1-3H3,(H2,43,62)(H,50,58)(H,51,59)(H,52,60)(H,53,61)(H,54,63)(H4,44,45,49)/b28-21+,29-20-,47-17?/t27?,32-,33+,34-/m0/s1. The van der Waals surface area contributed by atoms with Crippen molar-refractivity contribution in [2.24, 2.45) is 27.2 Å². The number of aliphatic imine (C=N–C) groups is 2. The number of aliphatic hydroxyl groups is 1. The first-order chi connectivity index (χ1) is 30.4. The number of aliphatic hydroxyl groups excluding tert-OH is 1. The minimum Gasteiger partial charge on any atom is -0.513 e. The van der Waals surface area contributed by atoms with Crippen LogP contribution in [-0.4, -0.2) is 146 Å². The van der Waals surface area contributed by atoms with E-state index in [4.69, 9.17) is 17.2 Å². The zero-order chi connectivity index (χ0) is 47.4. The smallest absolute Gasteiger partial charge is 0.246 e. The lowest BCUT2D eigenvalue weighted by Crippen LogP contribution is -2.57. The lowest BCUT2D eigenvalue weighted by Gasteiger charge is -2.29. The third kappa shape index (κ3) is 22.8. The highest BCUT2D eigenvalue weighted by atomic mass is 16.3. The number of likely N-dealkylation sites (tertiary alicyclic amines) is 1. The van der Waals surface area contributed by atoms with Gasteiger partial charge in [0.25, 0.3) is 0 Å². The molecule has 1 aliphatic heterocycles. The van der Waals surface area contributed by atoms with Crippen molar-refractivity contribution in [2.75, 3.05) is 52.4 Å². The maximum atomic E-state index is 13.9. The third-order valence-electron chi connectivity index (χ3n) is 9.43. The van der Waals surface area contributed by atoms with Crippen molar-refractivity contribution >= 4 is 59.3 Å². The van der Waals surface area contributed by atoms with Gasteiger partial charge in [-0.3, -0.25) is 48.3 Å². The van der Waals surface area contributed by atoms with E-state index < -0.39 is 79.1 Å². The maximum absolute atomic E-state index is 13.9. The lowest BCUT2D eigenvalue weighted by molar-refractivity contribution is -0.142. The fourth-order valence-corrected chi connectivity index (χ4v) is 6.35. The molecule has 1 saturated heterocycles. The summed E-state index contributed by atoms with van der Waals surface area (Å²) >= 11 is 0. The van der Waals surface area contributed by atoms with Crippen LogP contribution in [0.5, 0.6) is 0 Å². The minimum absolute atomic E-state index is 0.0779. The Balaban J connectivity index is 1.76. The molecule has 1 aromatic rings. The topological polar surface area (TPSA) is 347 Å². The molecule has 64 heavy (non-hydrogen) atoms. The van der Waals surface area contributed by atoms with E-state index in [1.54, 1.807) is 56.5 Å². The Morgan fingerprint density at radius 2 is 1.48 bits per heavy atom. The van der Waals surface area contributed by atoms with E-state index in [-0.39, 0.29) is 62.4 Å². The van der Waals surface area contributed by atoms with E-state index in [2.05, 4.69) is 47.2 Å². The molecule has 1 aliphatic rings. The molecular formula is C42H65N13O9. The number of nitrogens with zero attached hydrogens (tertiary/aromatic N) is 3. The second kappa shape index (κ2) is 29.5. The molecule has 1 heterocycles. The summed E-state index contributed by atoms with van der Waals surface area (Å²) in [7, 11) is 0. The van der Waals surface area contributed by atoms with Crippen LogP contribution in [0.3, 0.4) is 0 Å². The van der Waals surface area contributed by atoms with Gasteiger partial charge in [0.05, 0.1) is 38.0 Å². The summed E-state index contributed by atoms with van der Waals surface area (Å²) in [4.78, 5) is 111. The molecule has 1 aromatic carbocycles. The van der Waals surface area contributed by atoms with Gasteiger partial charge in [-0.25, -0.2) is 0 Å². The van der Waals surface area contributed by atoms with Crippen molar-refractivity contribution < 1.29 is 43.5 Å². The second-order valence-electron chi connectivity index (χ2n) is 15.1. The Kier molecular flexibility index (Phi) is 24.5. The summed E-state index contributed by atoms with van der Waals surface area (Å²) in [6.07, 6.45) is 6.91. The summed E-state index contributed by atoms with van der Waals surface area (Å²) in [6.45, 7) is 4.87. The van der Waals surface area contributed by atoms with Crippen LogP contribution in [0.4, 0.5) is 0 Å². The number of amides is 7. The Bertz CT molecular complexity index is 1860. The lowest BCUT2D eigenvalue weighted by atomic mass is 10.0. The molecule has 0 aliphatic carbocycles. The third-order valence-corrected chi connectivity index (χ3v) is 9.43. The van der Waals surface area contributed by atoms with E-state index in [0.717, 1.165) is 5.56 Å². The zero-order valence-corrected chi connectivity index (χ0v) is 36.8. The molecule has 0 spiro atoms. The van der Waals surface area contributed by atoms with E-state index >= 15 is 0 Å². The number of ketones is 1. The van der Waals surface area contributed by atoms with E-state index in [9.17, 15) is 43.5 Å². The van der Waals surface area contributed by atoms with Crippen LogP contribution in [0.15, 0.2) is 63.9 Å². The van der Waals surface area contributed by atoms with E-state index in [1.807, 2.05) is 6.92 Å². The number of hydrogen-bond donors (Lipinski definition) is 11. The van der Waals surface area contributed by atoms with Crippen LogP contribution in [-0.2, 0) is 44.8 Å². The molecule has 22 nitrogen and oxygen atoms in total. The number of allylic oxidation sites excluding steroid dienone is 3. The molecule has 22 heteroatoms. The first kappa shape index (κ1) is 53.3. The van der Waals surface area contributed by atoms with Crippen molar-refractivity contribution in [1.29, 1.82) is 0 Å². The van der Waals surface area contributed by atoms with Gasteiger partial charge in [0.15, 0.2) is 11.7 Å². The summed E-state index contributed by atoms with van der Waals surface area (Å²) in [5.74, 6) is -4.41. The summed E-state index contributed by atoms with van der Waals surface area (Å²) in [5.41, 5.74) is 17.6. The number of nitrogens with two attached hydrogens (primary N) is 3. The average Bonchev–Trinajstić information content (AvgIpc) is 3.74. The van der Waals surface area contributed by atoms with Crippen LogP contribution in [0.2, 0.25) is 0 Å². The molecule has 4 atom stereocenters. The number of rotatable bonds is 29. The van der Waals surface area contributed by atoms with Gasteiger partial charge in [-0.1, -0.05) is 30.3 Å². The van der Waals surface area contributed by atoms with Gasteiger partial charge in [0.1, 0.15) is 18.1 Å². The summed E-state index contributed by atoms with van der Waals surface area (Å²) in [5, 5.41) is 27.7. The van der Waals surface area contributed by atoms with Crippen molar-refractivity contribution in [3.8, 4) is 0 Å². The van der Waals surface area contributed by atoms with Crippen molar-refractivity contribution in [2.45, 2.75) is 89.9 Å². The maximum Gasteiger partial charge on any atom is 0.246 e. The van der Waals surface area contributed by atoms with Crippen molar-refractivity contribution in [3.05, 3.63) is 59.5 Å². The Morgan fingerprint density at radius 1 is 0.844 bits per heavy atom. The second-order valence-corrected chi connectivity index (χ2v) is 15.1. The highest BCUT2D eigenvalue weighted by molar-refractivity contribution is 5.95. The molecule has 7 amide bonds. The van der Waals surface area contributed by atoms with Crippen molar-refractivity contribution in [1.82, 2.24) is 42.1 Å². The molecule has 1 fully saturated rings. The molecule has 0 aromatic heterocycles. The number of primary amides is 1. The minimum atomic E-state index is -1.12. The van der Waals surface area contributed by atoms with Gasteiger partial charge in [0, 0.05) is 44.4 Å². The zero-order valence-electron chi connectivity index (χ0n) is 36.8. The quantitative estimate of drug-likeness (QED) is 0.0130. The molecule has 2 rings (SSSR count). The highest BCUT2D eigenvalue weighted by Gasteiger charge is 2.38. The number of guanidine groups is 1. The van der Waals surface area contributed by atoms with Gasteiger partial charge in [0.2, 0.25) is 41.4 Å². The first-order valence-corrected chi connectivity index (χ1v) is 21.1. The molecule has 14 N–H and O–H groups in total. The largest absolute Gasteiger partial charge is 0.513 e. The van der Waals surface area contributed by atoms with Gasteiger partial charge >= 0.3 is 0 Å². The number of benzene rings is 1. The Labute approximate surface area is 373 Å². The molecular weight excluding hydrogens is 831 g/mol. The number of carbonyl (C=O) groups excluding carboxylic acids is 8. The van der Waals surface area contributed by atoms with Gasteiger partial charge in [-0.15, -0.1) is 0 Å². The van der Waals surface area contributed by atoms with Crippen LogP contribution in [0, 0.1) is 0 Å². The first-order valence-electron chi connectivity index (χ1n) is 21.1. The summed E-state index contributed by atoms with van der Waals surface area (Å²) in [6, 6.07) is 5.65. The van der Waals surface area contributed by atoms with E-state index in [0.29, 0.717) is 44.5 Å². The average molecular weight is 896 g/mol. The van der Waals surface area contributed by atoms with Crippen molar-refractivity contribution in [3.63, 3.8) is 0 Å². The molecule has 352 valence electrons. The fraction of sp³-hybridized carbons (Fsp3) is 0.524. The predicted octanol–water partition coefficient (Wildman–Crippen LogP) is -2.57. The normalized spacial score (nSPS) is 15.3. The molecule has 0 radical (unpaired) electrons. The van der Waals surface area contributed by atoms with Gasteiger partial charge in [-0.2, -0.15) is 0 Å². The SMILES string of the molecule is C/C(O)=C/C(C)N=CCN/C(C)=C/C(=O)CCCNCC(=O)NCC(=O)NCC(=O)NCC(=O)N[C@H](Cc1ccccc1)C(=O)N1CCC[C@H]1C(=O)N[C@@H](CCCN=C(N)N)C(N)=O. The molecule has 0 bridgehead atoms. The number of hydrogen-bond acceptors (Lipinski definition) is 13. The van der Waals surface area contributed by atoms with Crippen LogP contribution in [0.25, 0.3) is 0 Å². The van der Waals surface area contributed by atoms with Crippen LogP contribution < -0.4 is 54.4 Å². The number of carbonyl (C=O) groups is 8. The van der Waals surface area contributed by atoms with Crippen LogP contribution >= 0.6 is 0 Å². The monoisotopic (exact) mass is 896 g/mol. The van der Waals surface area contributed by atoms with Crippen LogP contribution in [0.1, 0.15) is 64.9 Å². The predicted molar refractivity (Wildman–Crippen MR) is 240 cm³/mol.